The first-order valence-electron chi connectivity index (χ1n) is 7.44. The maximum Gasteiger partial charge on any atom is 0.335 e. The zero-order chi connectivity index (χ0) is 17.0. The predicted molar refractivity (Wildman–Crippen MR) is 80.3 cm³/mol. The van der Waals surface area contributed by atoms with Crippen LogP contribution in [0.1, 0.15) is 24.2 Å². The van der Waals surface area contributed by atoms with Crippen molar-refractivity contribution in [3.8, 4) is 5.75 Å². The Labute approximate surface area is 133 Å². The molecule has 7 heteroatoms. The van der Waals surface area contributed by atoms with Crippen molar-refractivity contribution in [1.29, 1.82) is 0 Å². The summed E-state index contributed by atoms with van der Waals surface area (Å²) in [5, 5.41) is 8.93. The first-order chi connectivity index (χ1) is 10.8. The highest BCUT2D eigenvalue weighted by atomic mass is 19.3. The van der Waals surface area contributed by atoms with E-state index in [4.69, 9.17) is 14.6 Å². The van der Waals surface area contributed by atoms with Gasteiger partial charge in [0.15, 0.2) is 0 Å². The summed E-state index contributed by atoms with van der Waals surface area (Å²) in [6, 6.07) is 6.18. The average molecular weight is 329 g/mol. The Hall–Kier alpha value is -1.73. The summed E-state index contributed by atoms with van der Waals surface area (Å²) in [6.07, 6.45) is -2.83. The third kappa shape index (κ3) is 4.62. The molecule has 2 unspecified atom stereocenters. The minimum absolute atomic E-state index is 0.132. The molecule has 128 valence electrons. The summed E-state index contributed by atoms with van der Waals surface area (Å²) in [5.74, 6) is -0.576. The number of rotatable bonds is 6. The lowest BCUT2D eigenvalue weighted by Gasteiger charge is -2.43. The first kappa shape index (κ1) is 17.6. The smallest absolute Gasteiger partial charge is 0.335 e. The number of hydrogen-bond acceptors (Lipinski definition) is 4. The minimum atomic E-state index is -2.55. The van der Waals surface area contributed by atoms with E-state index < -0.39 is 18.0 Å². The van der Waals surface area contributed by atoms with E-state index >= 15 is 0 Å². The summed E-state index contributed by atoms with van der Waals surface area (Å²) in [7, 11) is 0. The Morgan fingerprint density at radius 2 is 2.30 bits per heavy atom. The highest BCUT2D eigenvalue weighted by Crippen LogP contribution is 2.27. The van der Waals surface area contributed by atoms with E-state index in [0.717, 1.165) is 0 Å². The van der Waals surface area contributed by atoms with Crippen LogP contribution >= 0.6 is 0 Å². The topological polar surface area (TPSA) is 59.0 Å². The molecule has 2 rings (SSSR count). The van der Waals surface area contributed by atoms with E-state index in [0.29, 0.717) is 18.8 Å². The van der Waals surface area contributed by atoms with E-state index in [1.165, 1.54) is 19.1 Å². The number of benzene rings is 1. The van der Waals surface area contributed by atoms with Crippen LogP contribution in [0.3, 0.4) is 0 Å². The maximum absolute atomic E-state index is 13.1. The van der Waals surface area contributed by atoms with Gasteiger partial charge in [-0.25, -0.2) is 13.6 Å². The van der Waals surface area contributed by atoms with Gasteiger partial charge in [0.25, 0.3) is 6.43 Å². The van der Waals surface area contributed by atoms with Gasteiger partial charge in [-0.1, -0.05) is 6.07 Å². The zero-order valence-corrected chi connectivity index (χ0v) is 13.2. The lowest BCUT2D eigenvalue weighted by Crippen LogP contribution is -2.57. The van der Waals surface area contributed by atoms with Gasteiger partial charge in [-0.05, 0) is 32.0 Å². The van der Waals surface area contributed by atoms with Crippen LogP contribution < -0.4 is 4.74 Å². The highest BCUT2D eigenvalue weighted by molar-refractivity contribution is 5.87. The lowest BCUT2D eigenvalue weighted by atomic mass is 10.0. The standard InChI is InChI=1S/C16H21F2NO4/c1-11-9-19(10-16(2,23-11)15(17)18)6-7-22-13-5-3-4-12(8-13)14(20)21/h3-5,8,11,15H,6-7,9-10H2,1-2H3,(H,20,21). The van der Waals surface area contributed by atoms with Gasteiger partial charge in [-0.2, -0.15) is 0 Å². The molecule has 0 aromatic heterocycles. The second-order valence-corrected chi connectivity index (χ2v) is 5.96. The second kappa shape index (κ2) is 7.23. The molecule has 0 bridgehead atoms. The summed E-state index contributed by atoms with van der Waals surface area (Å²) in [4.78, 5) is 12.8. The van der Waals surface area contributed by atoms with Crippen molar-refractivity contribution in [2.24, 2.45) is 0 Å². The Morgan fingerprint density at radius 3 is 2.96 bits per heavy atom. The predicted octanol–water partition coefficient (Wildman–Crippen LogP) is 2.51. The van der Waals surface area contributed by atoms with Crippen LogP contribution in [0.15, 0.2) is 24.3 Å². The molecule has 0 saturated carbocycles. The molecule has 23 heavy (non-hydrogen) atoms. The van der Waals surface area contributed by atoms with Crippen molar-refractivity contribution in [3.05, 3.63) is 29.8 Å². The monoisotopic (exact) mass is 329 g/mol. The SMILES string of the molecule is CC1CN(CCOc2cccc(C(=O)O)c2)CC(C)(C(F)F)O1. The fraction of sp³-hybridized carbons (Fsp3) is 0.562. The number of alkyl halides is 2. The van der Waals surface area contributed by atoms with Crippen LogP contribution in [0.5, 0.6) is 5.75 Å². The van der Waals surface area contributed by atoms with Crippen LogP contribution in [0.2, 0.25) is 0 Å². The molecular weight excluding hydrogens is 308 g/mol. The summed E-state index contributed by atoms with van der Waals surface area (Å²) >= 11 is 0. The quantitative estimate of drug-likeness (QED) is 0.869. The Morgan fingerprint density at radius 1 is 1.57 bits per heavy atom. The van der Waals surface area contributed by atoms with E-state index in [1.54, 1.807) is 19.1 Å². The van der Waals surface area contributed by atoms with Crippen molar-refractivity contribution >= 4 is 5.97 Å². The number of hydrogen-bond donors (Lipinski definition) is 1. The van der Waals surface area contributed by atoms with Crippen molar-refractivity contribution in [2.75, 3.05) is 26.2 Å². The highest BCUT2D eigenvalue weighted by Gasteiger charge is 2.42. The molecule has 0 aliphatic carbocycles. The van der Waals surface area contributed by atoms with Gasteiger partial charge in [-0.3, -0.25) is 4.90 Å². The van der Waals surface area contributed by atoms with Crippen molar-refractivity contribution in [2.45, 2.75) is 32.0 Å². The van der Waals surface area contributed by atoms with Gasteiger partial charge in [0.05, 0.1) is 11.7 Å². The molecule has 1 aliphatic rings. The molecule has 5 nitrogen and oxygen atoms in total. The maximum atomic E-state index is 13.1. The van der Waals surface area contributed by atoms with Crippen LogP contribution in [-0.4, -0.2) is 60.3 Å². The first-order valence-corrected chi connectivity index (χ1v) is 7.44. The number of nitrogens with zero attached hydrogens (tertiary/aromatic N) is 1. The lowest BCUT2D eigenvalue weighted by molar-refractivity contribution is -0.198. The normalized spacial score (nSPS) is 25.5. The van der Waals surface area contributed by atoms with Gasteiger partial charge in [0.2, 0.25) is 0 Å². The fourth-order valence-electron chi connectivity index (χ4n) is 2.71. The van der Waals surface area contributed by atoms with E-state index in [-0.39, 0.29) is 24.8 Å². The number of morpholine rings is 1. The van der Waals surface area contributed by atoms with Crippen molar-refractivity contribution < 1.29 is 28.2 Å². The largest absolute Gasteiger partial charge is 0.492 e. The molecular formula is C16H21F2NO4. The Bertz CT molecular complexity index is 555. The molecule has 0 spiro atoms. The summed E-state index contributed by atoms with van der Waals surface area (Å²) in [5.41, 5.74) is -1.33. The molecule has 1 aromatic carbocycles. The molecule has 2 atom stereocenters. The van der Waals surface area contributed by atoms with E-state index in [2.05, 4.69) is 0 Å². The molecule has 1 N–H and O–H groups in total. The van der Waals surface area contributed by atoms with Crippen LogP contribution in [0.4, 0.5) is 8.78 Å². The van der Waals surface area contributed by atoms with Gasteiger partial charge >= 0.3 is 5.97 Å². The molecule has 1 saturated heterocycles. The molecule has 0 radical (unpaired) electrons. The number of carboxylic acids is 1. The molecule has 1 heterocycles. The van der Waals surface area contributed by atoms with Gasteiger partial charge in [0.1, 0.15) is 18.0 Å². The number of carbonyl (C=O) groups is 1. The number of aromatic carboxylic acids is 1. The van der Waals surface area contributed by atoms with Crippen molar-refractivity contribution in [3.63, 3.8) is 0 Å². The number of ether oxygens (including phenoxy) is 2. The van der Waals surface area contributed by atoms with E-state index in [9.17, 15) is 13.6 Å². The van der Waals surface area contributed by atoms with Crippen LogP contribution in [-0.2, 0) is 4.74 Å². The summed E-state index contributed by atoms with van der Waals surface area (Å²) < 4.78 is 37.1. The Kier molecular flexibility index (Phi) is 5.54. The third-order valence-corrected chi connectivity index (χ3v) is 3.74. The average Bonchev–Trinajstić information content (AvgIpc) is 2.46. The minimum Gasteiger partial charge on any atom is -0.492 e. The molecule has 0 amide bonds. The van der Waals surface area contributed by atoms with Crippen LogP contribution in [0.25, 0.3) is 0 Å². The third-order valence-electron chi connectivity index (χ3n) is 3.74. The van der Waals surface area contributed by atoms with Gasteiger partial charge in [0, 0.05) is 19.6 Å². The van der Waals surface area contributed by atoms with Crippen LogP contribution in [0, 0.1) is 0 Å². The second-order valence-electron chi connectivity index (χ2n) is 5.96. The molecule has 1 fully saturated rings. The zero-order valence-electron chi connectivity index (χ0n) is 13.2. The number of carboxylic acid groups (broad SMARTS) is 1. The van der Waals surface area contributed by atoms with Gasteiger partial charge < -0.3 is 14.6 Å². The molecule has 1 aromatic rings. The van der Waals surface area contributed by atoms with Crippen molar-refractivity contribution in [1.82, 2.24) is 4.90 Å². The summed E-state index contributed by atoms with van der Waals surface area (Å²) in [6.45, 7) is 4.62. The molecule has 1 aliphatic heterocycles. The van der Waals surface area contributed by atoms with Gasteiger partial charge in [-0.15, -0.1) is 0 Å². The van der Waals surface area contributed by atoms with E-state index in [1.807, 2.05) is 4.90 Å². The fourth-order valence-corrected chi connectivity index (χ4v) is 2.71. The Balaban J connectivity index is 1.88. The number of halogens is 2.